The van der Waals surface area contributed by atoms with E-state index < -0.39 is 0 Å². The topological polar surface area (TPSA) is 9.23 Å². The van der Waals surface area contributed by atoms with Gasteiger partial charge in [-0.2, -0.15) is 11.8 Å². The van der Waals surface area contributed by atoms with Crippen LogP contribution in [0.1, 0.15) is 51.4 Å². The van der Waals surface area contributed by atoms with Gasteiger partial charge >= 0.3 is 0 Å². The summed E-state index contributed by atoms with van der Waals surface area (Å²) in [7, 11) is 1.75. The highest BCUT2D eigenvalue weighted by atomic mass is 35.5. The molecule has 0 spiro atoms. The smallest absolute Gasteiger partial charge is 0.0816 e. The first-order chi connectivity index (χ1) is 8.78. The lowest BCUT2D eigenvalue weighted by Crippen LogP contribution is -2.18. The van der Waals surface area contributed by atoms with E-state index in [1.54, 1.807) is 7.11 Å². The second-order valence-electron chi connectivity index (χ2n) is 5.66. The summed E-state index contributed by atoms with van der Waals surface area (Å²) in [5.74, 6) is 2.29. The van der Waals surface area contributed by atoms with Crippen molar-refractivity contribution in [1.82, 2.24) is 0 Å². The second kappa shape index (κ2) is 7.69. The molecule has 0 bridgehead atoms. The van der Waals surface area contributed by atoms with Gasteiger partial charge in [-0.25, -0.2) is 0 Å². The van der Waals surface area contributed by atoms with Crippen LogP contribution in [0.3, 0.4) is 0 Å². The molecule has 0 aromatic carbocycles. The zero-order valence-corrected chi connectivity index (χ0v) is 12.9. The molecule has 2 rings (SSSR count). The average Bonchev–Trinajstić information content (AvgIpc) is 2.40. The molecule has 2 aliphatic rings. The first kappa shape index (κ1) is 14.6. The molecule has 0 radical (unpaired) electrons. The van der Waals surface area contributed by atoms with Crippen LogP contribution < -0.4 is 0 Å². The molecule has 104 valence electrons. The van der Waals surface area contributed by atoms with Gasteiger partial charge in [0.15, 0.2) is 0 Å². The van der Waals surface area contributed by atoms with E-state index in [9.17, 15) is 0 Å². The lowest BCUT2D eigenvalue weighted by atomic mass is 9.90. The van der Waals surface area contributed by atoms with Crippen LogP contribution in [0, 0.1) is 5.92 Å². The molecule has 0 aromatic rings. The van der Waals surface area contributed by atoms with Crippen molar-refractivity contribution in [3.8, 4) is 0 Å². The molecule has 0 atom stereocenters. The quantitative estimate of drug-likeness (QED) is 0.532. The van der Waals surface area contributed by atoms with Crippen molar-refractivity contribution in [2.45, 2.75) is 62.0 Å². The maximum atomic E-state index is 6.15. The molecule has 2 aliphatic carbocycles. The fourth-order valence-corrected chi connectivity index (χ4v) is 4.67. The number of halogens is 1. The summed E-state index contributed by atoms with van der Waals surface area (Å²) in [4.78, 5) is 0. The van der Waals surface area contributed by atoms with E-state index in [0.29, 0.717) is 5.38 Å². The third-order valence-electron chi connectivity index (χ3n) is 4.20. The van der Waals surface area contributed by atoms with Crippen molar-refractivity contribution in [1.29, 1.82) is 0 Å². The van der Waals surface area contributed by atoms with Gasteiger partial charge in [0.1, 0.15) is 0 Å². The summed E-state index contributed by atoms with van der Waals surface area (Å²) < 4.78 is 5.10. The van der Waals surface area contributed by atoms with E-state index in [1.807, 2.05) is 6.26 Å². The lowest BCUT2D eigenvalue weighted by molar-refractivity contribution is 0.328. The van der Waals surface area contributed by atoms with Crippen molar-refractivity contribution >= 4 is 23.4 Å². The molecule has 2 saturated carbocycles. The Kier molecular flexibility index (Phi) is 6.23. The number of hydrogen-bond donors (Lipinski definition) is 0. The molecule has 0 unspecified atom stereocenters. The van der Waals surface area contributed by atoms with E-state index in [1.165, 1.54) is 62.7 Å². The van der Waals surface area contributed by atoms with E-state index in [4.69, 9.17) is 16.3 Å². The van der Waals surface area contributed by atoms with Crippen LogP contribution >= 0.6 is 23.4 Å². The summed E-state index contributed by atoms with van der Waals surface area (Å²) in [6, 6.07) is 0. The van der Waals surface area contributed by atoms with Crippen LogP contribution in [0.25, 0.3) is 0 Å². The van der Waals surface area contributed by atoms with E-state index in [2.05, 4.69) is 11.8 Å². The van der Waals surface area contributed by atoms with Crippen LogP contribution in [-0.2, 0) is 4.74 Å². The number of ether oxygens (including phenoxy) is 1. The Hall–Kier alpha value is 0.180. The van der Waals surface area contributed by atoms with Crippen LogP contribution in [0.15, 0.2) is 11.8 Å². The highest BCUT2D eigenvalue weighted by Gasteiger charge is 2.22. The maximum absolute atomic E-state index is 6.15. The van der Waals surface area contributed by atoms with Crippen LogP contribution in [0.5, 0.6) is 0 Å². The number of hydrogen-bond acceptors (Lipinski definition) is 2. The molecule has 3 heteroatoms. The van der Waals surface area contributed by atoms with E-state index >= 15 is 0 Å². The SMILES string of the molecule is COC=C1CCC(SCC2CCC(Cl)CC2)CC1. The first-order valence-electron chi connectivity index (χ1n) is 7.24. The fourth-order valence-electron chi connectivity index (χ4n) is 2.97. The van der Waals surface area contributed by atoms with Gasteiger partial charge in [-0.3, -0.25) is 0 Å². The van der Waals surface area contributed by atoms with Crippen molar-refractivity contribution in [2.24, 2.45) is 5.92 Å². The van der Waals surface area contributed by atoms with Crippen LogP contribution in [0.2, 0.25) is 0 Å². The van der Waals surface area contributed by atoms with Crippen molar-refractivity contribution in [3.63, 3.8) is 0 Å². The molecule has 0 heterocycles. The minimum Gasteiger partial charge on any atom is -0.504 e. The number of rotatable bonds is 4. The standard InChI is InChI=1S/C15H25ClOS/c1-17-10-12-4-8-15(9-5-12)18-11-13-2-6-14(16)7-3-13/h10,13-15H,2-9,11H2,1H3. The maximum Gasteiger partial charge on any atom is 0.0816 e. The Morgan fingerprint density at radius 1 is 1.17 bits per heavy atom. The van der Waals surface area contributed by atoms with Gasteiger partial charge in [0, 0.05) is 10.6 Å². The number of allylic oxidation sites excluding steroid dienone is 1. The molecular formula is C15H25ClOS. The Morgan fingerprint density at radius 3 is 2.44 bits per heavy atom. The number of methoxy groups -OCH3 is 1. The van der Waals surface area contributed by atoms with Gasteiger partial charge in [-0.15, -0.1) is 11.6 Å². The average molecular weight is 289 g/mol. The molecule has 18 heavy (non-hydrogen) atoms. The predicted octanol–water partition coefficient (Wildman–Crippen LogP) is 4.99. The summed E-state index contributed by atoms with van der Waals surface area (Å²) in [5.41, 5.74) is 1.50. The lowest BCUT2D eigenvalue weighted by Gasteiger charge is -2.28. The molecule has 0 N–H and O–H groups in total. The van der Waals surface area contributed by atoms with Crippen molar-refractivity contribution < 1.29 is 4.74 Å². The molecule has 1 nitrogen and oxygen atoms in total. The summed E-state index contributed by atoms with van der Waals surface area (Å²) in [6.07, 6.45) is 12.3. The summed E-state index contributed by atoms with van der Waals surface area (Å²) >= 11 is 8.37. The van der Waals surface area contributed by atoms with Crippen molar-refractivity contribution in [3.05, 3.63) is 11.8 Å². The largest absolute Gasteiger partial charge is 0.504 e. The first-order valence-corrected chi connectivity index (χ1v) is 8.73. The van der Waals surface area contributed by atoms with Gasteiger partial charge < -0.3 is 4.74 Å². The van der Waals surface area contributed by atoms with E-state index in [-0.39, 0.29) is 0 Å². The fraction of sp³-hybridized carbons (Fsp3) is 0.867. The Balaban J connectivity index is 1.62. The third kappa shape index (κ3) is 4.70. The normalized spacial score (nSPS) is 33.2. The van der Waals surface area contributed by atoms with Gasteiger partial charge in [0.2, 0.25) is 0 Å². The molecule has 0 aromatic heterocycles. The Morgan fingerprint density at radius 2 is 1.83 bits per heavy atom. The molecule has 0 saturated heterocycles. The highest BCUT2D eigenvalue weighted by Crippen LogP contribution is 2.35. The second-order valence-corrected chi connectivity index (χ2v) is 7.61. The Bertz CT molecular complexity index is 262. The zero-order chi connectivity index (χ0) is 12.8. The van der Waals surface area contributed by atoms with Gasteiger partial charge in [-0.05, 0) is 68.6 Å². The predicted molar refractivity (Wildman–Crippen MR) is 81.4 cm³/mol. The Labute approximate surface area is 121 Å². The van der Waals surface area contributed by atoms with Gasteiger partial charge in [0.25, 0.3) is 0 Å². The summed E-state index contributed by atoms with van der Waals surface area (Å²) in [5, 5.41) is 1.34. The van der Waals surface area contributed by atoms with E-state index in [0.717, 1.165) is 11.2 Å². The van der Waals surface area contributed by atoms with Crippen molar-refractivity contribution in [2.75, 3.05) is 12.9 Å². The molecule has 0 amide bonds. The molecule has 2 fully saturated rings. The monoisotopic (exact) mass is 288 g/mol. The van der Waals surface area contributed by atoms with Crippen LogP contribution in [-0.4, -0.2) is 23.5 Å². The zero-order valence-electron chi connectivity index (χ0n) is 11.4. The number of alkyl halides is 1. The highest BCUT2D eigenvalue weighted by molar-refractivity contribution is 7.99. The molecular weight excluding hydrogens is 264 g/mol. The minimum absolute atomic E-state index is 0.461. The minimum atomic E-state index is 0.461. The third-order valence-corrected chi connectivity index (χ3v) is 6.25. The van der Waals surface area contributed by atoms with Gasteiger partial charge in [-0.1, -0.05) is 0 Å². The summed E-state index contributed by atoms with van der Waals surface area (Å²) in [6.45, 7) is 0. The number of thioether (sulfide) groups is 1. The van der Waals surface area contributed by atoms with Crippen LogP contribution in [0.4, 0.5) is 0 Å². The molecule has 0 aliphatic heterocycles. The van der Waals surface area contributed by atoms with Gasteiger partial charge in [0.05, 0.1) is 13.4 Å².